The van der Waals surface area contributed by atoms with Gasteiger partial charge >= 0.3 is 0 Å². The average molecular weight is 249 g/mol. The molecule has 0 aliphatic carbocycles. The summed E-state index contributed by atoms with van der Waals surface area (Å²) in [4.78, 5) is 0. The fourth-order valence-electron chi connectivity index (χ4n) is 0.414. The quantitative estimate of drug-likeness (QED) is 0.409. The summed E-state index contributed by atoms with van der Waals surface area (Å²) in [6, 6.07) is 0. The first-order valence-corrected chi connectivity index (χ1v) is 4.91. The van der Waals surface area contributed by atoms with E-state index in [0.717, 1.165) is 0 Å². The van der Waals surface area contributed by atoms with E-state index in [4.69, 9.17) is 0 Å². The van der Waals surface area contributed by atoms with E-state index >= 15 is 0 Å². The summed E-state index contributed by atoms with van der Waals surface area (Å²) in [7, 11) is 1.85. The number of rotatable bonds is 2. The summed E-state index contributed by atoms with van der Waals surface area (Å²) < 4.78 is 0. The zero-order chi connectivity index (χ0) is 12.0. The van der Waals surface area contributed by atoms with Crippen molar-refractivity contribution in [3.8, 4) is 0 Å². The van der Waals surface area contributed by atoms with Crippen molar-refractivity contribution in [2.45, 2.75) is 41.0 Å². The number of allylic oxidation sites excluding steroid dienone is 2. The zero-order valence-electron chi connectivity index (χ0n) is 11.1. The van der Waals surface area contributed by atoms with Crippen molar-refractivity contribution in [1.82, 2.24) is 5.01 Å². The van der Waals surface area contributed by atoms with Crippen LogP contribution in [0.3, 0.4) is 0 Å². The molecule has 1 radical (unpaired) electrons. The van der Waals surface area contributed by atoms with Gasteiger partial charge in [-0.15, -0.1) is 6.58 Å². The van der Waals surface area contributed by atoms with Crippen molar-refractivity contribution in [1.29, 1.82) is 0 Å². The maximum Gasteiger partial charge on any atom is 0.0296 e. The molecule has 0 spiro atoms. The van der Waals surface area contributed by atoms with Gasteiger partial charge in [0.15, 0.2) is 0 Å². The largest absolute Gasteiger partial charge is 0.277 e. The molecule has 3 heteroatoms. The van der Waals surface area contributed by atoms with E-state index in [9.17, 15) is 0 Å². The van der Waals surface area contributed by atoms with Crippen LogP contribution in [0.25, 0.3) is 0 Å². The van der Waals surface area contributed by atoms with Crippen molar-refractivity contribution in [3.63, 3.8) is 0 Å². The third-order valence-electron chi connectivity index (χ3n) is 0.668. The molecule has 89 valence electrons. The molecule has 2 nitrogen and oxygen atoms in total. The minimum absolute atomic E-state index is 0. The van der Waals surface area contributed by atoms with Gasteiger partial charge in [-0.05, 0) is 20.8 Å². The first-order chi connectivity index (χ1) is 6.49. The molecule has 0 aliphatic rings. The van der Waals surface area contributed by atoms with E-state index in [1.807, 2.05) is 34.0 Å². The molecule has 0 aliphatic heterocycles. The predicted octanol–water partition coefficient (Wildman–Crippen LogP) is 4.06. The monoisotopic (exact) mass is 249 g/mol. The van der Waals surface area contributed by atoms with Crippen LogP contribution in [0.1, 0.15) is 41.0 Å². The predicted molar refractivity (Wildman–Crippen MR) is 68.6 cm³/mol. The Morgan fingerprint density at radius 3 is 1.67 bits per heavy atom. The van der Waals surface area contributed by atoms with Crippen LogP contribution in [0.15, 0.2) is 29.5 Å². The fourth-order valence-corrected chi connectivity index (χ4v) is 0.414. The Morgan fingerprint density at radius 1 is 1.33 bits per heavy atom. The van der Waals surface area contributed by atoms with Crippen LogP contribution in [0, 0.1) is 0 Å². The van der Waals surface area contributed by atoms with E-state index in [0.29, 0.717) is 0 Å². The van der Waals surface area contributed by atoms with Crippen LogP contribution in [-0.4, -0.2) is 18.8 Å². The molecule has 0 fully saturated rings. The smallest absolute Gasteiger partial charge is 0.0296 e. The molecule has 0 rings (SSSR count). The molecule has 0 aromatic heterocycles. The number of hydrogen-bond acceptors (Lipinski definition) is 2. The van der Waals surface area contributed by atoms with Gasteiger partial charge in [0.1, 0.15) is 0 Å². The first-order valence-electron chi connectivity index (χ1n) is 4.91. The summed E-state index contributed by atoms with van der Waals surface area (Å²) in [5.41, 5.74) is 1.22. The first kappa shape index (κ1) is 24.0. The second-order valence-corrected chi connectivity index (χ2v) is 3.04. The van der Waals surface area contributed by atoms with Gasteiger partial charge in [0, 0.05) is 38.5 Å². The minimum atomic E-state index is 0. The van der Waals surface area contributed by atoms with Crippen LogP contribution in [0.5, 0.6) is 0 Å². The van der Waals surface area contributed by atoms with Gasteiger partial charge in [-0.1, -0.05) is 31.9 Å². The molecule has 0 N–H and O–H groups in total. The van der Waals surface area contributed by atoms with Gasteiger partial charge in [-0.3, -0.25) is 5.01 Å². The van der Waals surface area contributed by atoms with E-state index < -0.39 is 0 Å². The van der Waals surface area contributed by atoms with E-state index in [1.54, 1.807) is 11.1 Å². The van der Waals surface area contributed by atoms with Crippen molar-refractivity contribution in [3.05, 3.63) is 24.4 Å². The summed E-state index contributed by atoms with van der Waals surface area (Å²) in [5, 5.41) is 5.31. The standard InChI is InChI=1S/C6H12N2.C3H8.C3H6.V/c1-6(2)5-8(4)7-3;2*1-3-2;/h5H,3H2,1-2,4H3;3H2,1-2H3;3H,1H2,2H3;. The summed E-state index contributed by atoms with van der Waals surface area (Å²) >= 11 is 0. The third-order valence-corrected chi connectivity index (χ3v) is 0.668. The molecular weight excluding hydrogens is 223 g/mol. The minimum Gasteiger partial charge on any atom is -0.277 e. The Hall–Kier alpha value is -0.466. The van der Waals surface area contributed by atoms with Gasteiger partial charge < -0.3 is 0 Å². The van der Waals surface area contributed by atoms with Crippen LogP contribution < -0.4 is 0 Å². The molecule has 0 atom stereocenters. The Labute approximate surface area is 108 Å². The van der Waals surface area contributed by atoms with Crippen molar-refractivity contribution >= 4 is 6.72 Å². The molecule has 0 aromatic carbocycles. The Balaban J connectivity index is -0.0000000733. The van der Waals surface area contributed by atoms with Gasteiger partial charge in [-0.25, -0.2) is 0 Å². The zero-order valence-corrected chi connectivity index (χ0v) is 12.5. The van der Waals surface area contributed by atoms with Crippen molar-refractivity contribution in [2.24, 2.45) is 5.10 Å². The van der Waals surface area contributed by atoms with E-state index in [1.165, 1.54) is 12.0 Å². The Bertz CT molecular complexity index is 150. The number of nitrogens with zero attached hydrogens (tertiary/aromatic N) is 2. The van der Waals surface area contributed by atoms with Gasteiger partial charge in [0.2, 0.25) is 0 Å². The second kappa shape index (κ2) is 23.4. The maximum atomic E-state index is 3.64. The molecule has 15 heavy (non-hydrogen) atoms. The average Bonchev–Trinajstić information content (AvgIpc) is 2.06. The molecule has 0 aromatic rings. The Kier molecular flexibility index (Phi) is 37.4. The SMILES string of the molecule is C=CC.C=NN(C)C=C(C)C.CCC.[V]. The molecule has 0 saturated heterocycles. The van der Waals surface area contributed by atoms with Gasteiger partial charge in [0.05, 0.1) is 0 Å². The maximum absolute atomic E-state index is 3.64. The van der Waals surface area contributed by atoms with Crippen LogP contribution in [-0.2, 0) is 18.6 Å². The number of hydrogen-bond donors (Lipinski definition) is 0. The molecular formula is C12H26N2V. The molecule has 0 amide bonds. The summed E-state index contributed by atoms with van der Waals surface area (Å²) in [5.74, 6) is 0. The van der Waals surface area contributed by atoms with Crippen LogP contribution in [0.2, 0.25) is 0 Å². The van der Waals surface area contributed by atoms with Gasteiger partial charge in [0.25, 0.3) is 0 Å². The Morgan fingerprint density at radius 2 is 1.60 bits per heavy atom. The summed E-state index contributed by atoms with van der Waals surface area (Å²) in [6.45, 7) is 16.9. The van der Waals surface area contributed by atoms with Crippen molar-refractivity contribution < 1.29 is 18.6 Å². The third kappa shape index (κ3) is 58.8. The fraction of sp³-hybridized carbons (Fsp3) is 0.583. The summed E-state index contributed by atoms with van der Waals surface area (Å²) in [6.07, 6.45) is 4.91. The van der Waals surface area contributed by atoms with E-state index in [-0.39, 0.29) is 18.6 Å². The molecule has 0 saturated carbocycles. The normalized spacial score (nSPS) is 6.27. The topological polar surface area (TPSA) is 15.6 Å². The van der Waals surface area contributed by atoms with Crippen molar-refractivity contribution in [2.75, 3.05) is 7.05 Å². The van der Waals surface area contributed by atoms with Gasteiger partial charge in [-0.2, -0.15) is 5.10 Å². The molecule has 0 bridgehead atoms. The number of hydrazone groups is 1. The van der Waals surface area contributed by atoms with Crippen LogP contribution in [0.4, 0.5) is 0 Å². The molecule has 0 heterocycles. The van der Waals surface area contributed by atoms with E-state index in [2.05, 4.69) is 32.2 Å². The second-order valence-electron chi connectivity index (χ2n) is 3.04. The molecule has 0 unspecified atom stereocenters. The van der Waals surface area contributed by atoms with Crippen LogP contribution >= 0.6 is 0 Å².